The van der Waals surface area contributed by atoms with E-state index in [9.17, 15) is 0 Å². The first-order chi connectivity index (χ1) is 15.3. The summed E-state index contributed by atoms with van der Waals surface area (Å²) in [5.41, 5.74) is 3.79. The smallest absolute Gasteiger partial charge is 0.250 e. The van der Waals surface area contributed by atoms with Gasteiger partial charge in [-0.25, -0.2) is 5.43 Å². The van der Waals surface area contributed by atoms with Gasteiger partial charge in [0.05, 0.1) is 46.9 Å². The second-order valence-corrected chi connectivity index (χ2v) is 6.94. The number of methoxy groups -OCH3 is 2. The van der Waals surface area contributed by atoms with Gasteiger partial charge in [0.25, 0.3) is 0 Å². The lowest BCUT2D eigenvalue weighted by Crippen LogP contribution is -2.40. The molecule has 1 N–H and O–H groups in total. The van der Waals surface area contributed by atoms with Gasteiger partial charge >= 0.3 is 0 Å². The predicted octanol–water partition coefficient (Wildman–Crippen LogP) is 1.01. The van der Waals surface area contributed by atoms with Gasteiger partial charge < -0.3 is 28.7 Å². The van der Waals surface area contributed by atoms with Gasteiger partial charge in [0.2, 0.25) is 17.8 Å². The summed E-state index contributed by atoms with van der Waals surface area (Å²) in [7, 11) is 3.20. The molecule has 31 heavy (non-hydrogen) atoms. The Bertz CT molecular complexity index is 863. The van der Waals surface area contributed by atoms with Crippen molar-refractivity contribution < 1.29 is 18.9 Å². The van der Waals surface area contributed by atoms with Crippen LogP contribution in [0.15, 0.2) is 23.3 Å². The minimum atomic E-state index is 0.384. The quantitative estimate of drug-likeness (QED) is 0.506. The molecule has 11 heteroatoms. The minimum Gasteiger partial charge on any atom is -0.493 e. The molecule has 0 amide bonds. The van der Waals surface area contributed by atoms with Gasteiger partial charge in [0.1, 0.15) is 0 Å². The summed E-state index contributed by atoms with van der Waals surface area (Å²) >= 11 is 0. The van der Waals surface area contributed by atoms with Crippen molar-refractivity contribution >= 4 is 24.1 Å². The van der Waals surface area contributed by atoms with E-state index in [0.717, 1.165) is 31.7 Å². The van der Waals surface area contributed by atoms with Crippen LogP contribution >= 0.6 is 0 Å². The van der Waals surface area contributed by atoms with Crippen molar-refractivity contribution in [3.8, 4) is 11.5 Å². The number of hydrazone groups is 1. The second-order valence-electron chi connectivity index (χ2n) is 6.94. The second kappa shape index (κ2) is 10.2. The van der Waals surface area contributed by atoms with Gasteiger partial charge in [-0.15, -0.1) is 0 Å². The van der Waals surface area contributed by atoms with E-state index in [2.05, 4.69) is 35.3 Å². The van der Waals surface area contributed by atoms with Crippen molar-refractivity contribution in [2.24, 2.45) is 5.10 Å². The summed E-state index contributed by atoms with van der Waals surface area (Å²) in [4.78, 5) is 18.0. The van der Waals surface area contributed by atoms with Crippen molar-refractivity contribution in [3.05, 3.63) is 23.8 Å². The number of morpholine rings is 2. The molecule has 11 nitrogen and oxygen atoms in total. The summed E-state index contributed by atoms with van der Waals surface area (Å²) in [6, 6.07) is 5.56. The van der Waals surface area contributed by atoms with E-state index in [4.69, 9.17) is 18.9 Å². The predicted molar refractivity (Wildman–Crippen MR) is 117 cm³/mol. The Morgan fingerprint density at radius 3 is 2.00 bits per heavy atom. The molecule has 166 valence electrons. The Labute approximate surface area is 181 Å². The highest BCUT2D eigenvalue weighted by Crippen LogP contribution is 2.27. The maximum Gasteiger partial charge on any atom is 0.250 e. The molecular formula is C20H27N7O4. The number of hydrogen-bond donors (Lipinski definition) is 1. The third-order valence-corrected chi connectivity index (χ3v) is 4.99. The third kappa shape index (κ3) is 5.30. The first-order valence-electron chi connectivity index (χ1n) is 10.2. The van der Waals surface area contributed by atoms with Crippen molar-refractivity contribution in [1.82, 2.24) is 15.0 Å². The van der Waals surface area contributed by atoms with Gasteiger partial charge in [-0.05, 0) is 23.8 Å². The lowest BCUT2D eigenvalue weighted by molar-refractivity contribution is 0.121. The van der Waals surface area contributed by atoms with Crippen LogP contribution in [0.1, 0.15) is 5.56 Å². The molecule has 2 aromatic rings. The monoisotopic (exact) mass is 429 g/mol. The average molecular weight is 429 g/mol. The lowest BCUT2D eigenvalue weighted by Gasteiger charge is -2.30. The zero-order chi connectivity index (χ0) is 21.5. The van der Waals surface area contributed by atoms with E-state index in [0.29, 0.717) is 55.8 Å². The van der Waals surface area contributed by atoms with Gasteiger partial charge in [-0.3, -0.25) is 0 Å². The summed E-state index contributed by atoms with van der Waals surface area (Å²) in [6.07, 6.45) is 1.68. The van der Waals surface area contributed by atoms with E-state index in [1.54, 1.807) is 20.4 Å². The molecule has 0 spiro atoms. The average Bonchev–Trinajstić information content (AvgIpc) is 2.85. The van der Waals surface area contributed by atoms with Crippen LogP contribution < -0.4 is 24.7 Å². The maximum absolute atomic E-state index is 5.45. The number of hydrogen-bond acceptors (Lipinski definition) is 11. The van der Waals surface area contributed by atoms with E-state index in [1.807, 2.05) is 18.2 Å². The molecule has 1 aromatic carbocycles. The highest BCUT2D eigenvalue weighted by Gasteiger charge is 2.20. The van der Waals surface area contributed by atoms with Gasteiger partial charge in [-0.1, -0.05) is 0 Å². The Morgan fingerprint density at radius 1 is 0.871 bits per heavy atom. The van der Waals surface area contributed by atoms with Crippen molar-refractivity contribution in [1.29, 1.82) is 0 Å². The normalized spacial score (nSPS) is 17.1. The summed E-state index contributed by atoms with van der Waals surface area (Å²) in [6.45, 7) is 5.55. The van der Waals surface area contributed by atoms with E-state index in [1.165, 1.54) is 0 Å². The molecule has 3 heterocycles. The highest BCUT2D eigenvalue weighted by atomic mass is 16.5. The lowest BCUT2D eigenvalue weighted by atomic mass is 10.2. The number of anilines is 3. The van der Waals surface area contributed by atoms with E-state index >= 15 is 0 Å². The molecule has 4 rings (SSSR count). The van der Waals surface area contributed by atoms with Crippen LogP contribution in [0.3, 0.4) is 0 Å². The number of rotatable bonds is 7. The molecule has 2 aliphatic heterocycles. The topological polar surface area (TPSA) is 106 Å². The summed E-state index contributed by atoms with van der Waals surface area (Å²) in [5.74, 6) is 2.91. The molecule has 0 aliphatic carbocycles. The molecule has 0 saturated carbocycles. The molecule has 2 saturated heterocycles. The van der Waals surface area contributed by atoms with Crippen LogP contribution in [0.5, 0.6) is 11.5 Å². The Kier molecular flexibility index (Phi) is 6.95. The maximum atomic E-state index is 5.45. The first kappa shape index (κ1) is 21.1. The Morgan fingerprint density at radius 2 is 1.45 bits per heavy atom. The van der Waals surface area contributed by atoms with Crippen molar-refractivity contribution in [3.63, 3.8) is 0 Å². The fraction of sp³-hybridized carbons (Fsp3) is 0.500. The zero-order valence-electron chi connectivity index (χ0n) is 17.8. The van der Waals surface area contributed by atoms with E-state index in [-0.39, 0.29) is 0 Å². The number of benzene rings is 1. The highest BCUT2D eigenvalue weighted by molar-refractivity contribution is 5.81. The van der Waals surface area contributed by atoms with Crippen molar-refractivity contribution in [2.75, 3.05) is 82.1 Å². The first-order valence-corrected chi connectivity index (χ1v) is 10.2. The Hall–Kier alpha value is -3.18. The summed E-state index contributed by atoms with van der Waals surface area (Å²) < 4.78 is 21.5. The number of nitrogens with zero attached hydrogens (tertiary/aromatic N) is 6. The number of ether oxygens (including phenoxy) is 4. The number of nitrogens with one attached hydrogen (secondary N) is 1. The van der Waals surface area contributed by atoms with Crippen LogP contribution in [0.25, 0.3) is 0 Å². The molecule has 0 unspecified atom stereocenters. The van der Waals surface area contributed by atoms with Gasteiger partial charge in [-0.2, -0.15) is 20.1 Å². The van der Waals surface area contributed by atoms with Crippen LogP contribution in [0.4, 0.5) is 17.8 Å². The molecular weight excluding hydrogens is 402 g/mol. The standard InChI is InChI=1S/C20H27N7O4/c1-28-16-4-3-15(13-17(16)29-2)14-21-25-18-22-19(26-5-9-30-10-6-26)24-20(23-18)27-7-11-31-12-8-27/h3-4,13-14H,5-12H2,1-2H3,(H,22,23,24,25)/b21-14+. The third-order valence-electron chi connectivity index (χ3n) is 4.99. The molecule has 2 fully saturated rings. The Balaban J connectivity index is 1.54. The zero-order valence-corrected chi connectivity index (χ0v) is 17.8. The molecule has 0 radical (unpaired) electrons. The molecule has 0 atom stereocenters. The minimum absolute atomic E-state index is 0.384. The van der Waals surface area contributed by atoms with Crippen LogP contribution in [0, 0.1) is 0 Å². The van der Waals surface area contributed by atoms with Crippen LogP contribution in [0.2, 0.25) is 0 Å². The van der Waals surface area contributed by atoms with Crippen LogP contribution in [-0.2, 0) is 9.47 Å². The largest absolute Gasteiger partial charge is 0.493 e. The van der Waals surface area contributed by atoms with Crippen molar-refractivity contribution in [2.45, 2.75) is 0 Å². The SMILES string of the molecule is COc1ccc(/C=N/Nc2nc(N3CCOCC3)nc(N3CCOCC3)n2)cc1OC. The van der Waals surface area contributed by atoms with Gasteiger partial charge in [0, 0.05) is 26.2 Å². The summed E-state index contributed by atoms with van der Waals surface area (Å²) in [5, 5.41) is 4.30. The fourth-order valence-electron chi connectivity index (χ4n) is 3.31. The van der Waals surface area contributed by atoms with Gasteiger partial charge in [0.15, 0.2) is 11.5 Å². The van der Waals surface area contributed by atoms with E-state index < -0.39 is 0 Å². The molecule has 0 bridgehead atoms. The van der Waals surface area contributed by atoms with Crippen LogP contribution in [-0.4, -0.2) is 88.0 Å². The molecule has 1 aromatic heterocycles. The molecule has 2 aliphatic rings. The fourth-order valence-corrected chi connectivity index (χ4v) is 3.31. The number of aromatic nitrogens is 3.